The fraction of sp³-hybridized carbons (Fsp3) is 0. The van der Waals surface area contributed by atoms with Gasteiger partial charge in [0.15, 0.2) is 0 Å². The van der Waals surface area contributed by atoms with Crippen LogP contribution in [0.3, 0.4) is 0 Å². The molecule has 0 spiro atoms. The summed E-state index contributed by atoms with van der Waals surface area (Å²) in [6.07, 6.45) is 0. The first kappa shape index (κ1) is 22.8. The Hall–Kier alpha value is 1.25. The van der Waals surface area contributed by atoms with Crippen molar-refractivity contribution in [2.45, 2.75) is 0 Å². The molecule has 6 N–H and O–H groups in total. The third-order valence-electron chi connectivity index (χ3n) is 0. The van der Waals surface area contributed by atoms with Crippen LogP contribution in [0, 0.1) is 0 Å². The van der Waals surface area contributed by atoms with Gasteiger partial charge in [-0.15, -0.1) is 0 Å². The van der Waals surface area contributed by atoms with Crippen LogP contribution in [0.4, 0.5) is 0 Å². The predicted molar refractivity (Wildman–Crippen MR) is 26.4 cm³/mol. The summed E-state index contributed by atoms with van der Waals surface area (Å²) in [7, 11) is -4.64. The van der Waals surface area contributed by atoms with Gasteiger partial charge >= 0.3 is 26.7 Å². The molecule has 0 aromatic rings. The fourth-order valence-electron chi connectivity index (χ4n) is 0. The molecule has 0 saturated heterocycles. The molecule has 0 atom stereocenters. The molecule has 0 aliphatic heterocycles. The molecular weight excluding hydrogens is 167 g/mol. The van der Waals surface area contributed by atoms with Gasteiger partial charge in [0.2, 0.25) is 0 Å². The van der Waals surface area contributed by atoms with Gasteiger partial charge in [0, 0.05) is 18.6 Å². The summed E-state index contributed by atoms with van der Waals surface area (Å²) in [6, 6.07) is 0. The largest absolute Gasteiger partial charge is 0 e. The van der Waals surface area contributed by atoms with E-state index in [-0.39, 0.29) is 43.6 Å². The van der Waals surface area contributed by atoms with E-state index in [1.807, 2.05) is 0 Å². The van der Waals surface area contributed by atoms with Crippen molar-refractivity contribution in [3.8, 4) is 0 Å². The maximum atomic E-state index is 8.88. The number of rotatable bonds is 0. The van der Waals surface area contributed by atoms with Gasteiger partial charge in [-0.2, -0.15) is 0 Å². The van der Waals surface area contributed by atoms with E-state index in [0.717, 1.165) is 0 Å². The molecular formula is H7LiNO4PV. The molecule has 0 heterocycles. The first-order valence-corrected chi connectivity index (χ1v) is 2.35. The van der Waals surface area contributed by atoms with Gasteiger partial charge < -0.3 is 20.8 Å². The number of hydrogen-bond donors (Lipinski definition) is 4. The molecule has 8 heavy (non-hydrogen) atoms. The Balaban J connectivity index is -0.0000000267. The maximum absolute atomic E-state index is 8.88. The summed E-state index contributed by atoms with van der Waals surface area (Å²) < 4.78 is 8.88. The molecule has 0 aromatic heterocycles. The minimum atomic E-state index is -4.64. The second kappa shape index (κ2) is 8.25. The zero-order chi connectivity index (χ0) is 4.50. The molecule has 5 nitrogen and oxygen atoms in total. The Bertz CT molecular complexity index is 62.2. The van der Waals surface area contributed by atoms with Gasteiger partial charge in [-0.25, -0.2) is 4.57 Å². The van der Waals surface area contributed by atoms with Crippen LogP contribution in [-0.4, -0.2) is 33.5 Å². The van der Waals surface area contributed by atoms with Gasteiger partial charge in [0.05, 0.1) is 0 Å². The van der Waals surface area contributed by atoms with Crippen LogP contribution in [0.15, 0.2) is 0 Å². The molecule has 0 amide bonds. The average Bonchev–Trinajstić information content (AvgIpc) is 0.722. The molecule has 0 saturated carbocycles. The van der Waals surface area contributed by atoms with Crippen molar-refractivity contribution >= 4 is 26.7 Å². The zero-order valence-electron chi connectivity index (χ0n) is 3.35. The normalized spacial score (nSPS) is 7.38. The average molecular weight is 174 g/mol. The molecule has 47 valence electrons. The summed E-state index contributed by atoms with van der Waals surface area (Å²) in [5.74, 6) is 0. The van der Waals surface area contributed by atoms with Crippen LogP contribution in [0.1, 0.15) is 0 Å². The predicted octanol–water partition coefficient (Wildman–Crippen LogP) is -1.42. The van der Waals surface area contributed by atoms with Crippen LogP contribution in [0.5, 0.6) is 0 Å². The van der Waals surface area contributed by atoms with Crippen LogP contribution in [-0.2, 0) is 23.1 Å². The molecule has 0 fully saturated rings. The molecule has 0 unspecified atom stereocenters. The first-order chi connectivity index (χ1) is 2.00. The van der Waals surface area contributed by atoms with E-state index < -0.39 is 7.82 Å². The molecule has 0 aromatic carbocycles. The van der Waals surface area contributed by atoms with Crippen molar-refractivity contribution in [1.29, 1.82) is 0 Å². The SMILES string of the molecule is N.O=P(O)(O)O.[LiH].[V]. The van der Waals surface area contributed by atoms with Crippen molar-refractivity contribution in [3.63, 3.8) is 0 Å². The van der Waals surface area contributed by atoms with E-state index in [2.05, 4.69) is 0 Å². The maximum Gasteiger partial charge on any atom is 0 e. The molecule has 0 aliphatic rings. The fourth-order valence-corrected chi connectivity index (χ4v) is 0. The summed E-state index contributed by atoms with van der Waals surface area (Å²) in [6.45, 7) is 0. The van der Waals surface area contributed by atoms with Crippen molar-refractivity contribution in [2.24, 2.45) is 0 Å². The molecule has 0 rings (SSSR count). The number of phosphoric acid groups is 1. The molecule has 0 aliphatic carbocycles. The Morgan fingerprint density at radius 1 is 1.12 bits per heavy atom. The van der Waals surface area contributed by atoms with E-state index in [1.165, 1.54) is 0 Å². The van der Waals surface area contributed by atoms with Gasteiger partial charge in [0.25, 0.3) is 0 Å². The van der Waals surface area contributed by atoms with E-state index in [4.69, 9.17) is 19.2 Å². The summed E-state index contributed by atoms with van der Waals surface area (Å²) in [4.78, 5) is 21.6. The van der Waals surface area contributed by atoms with Crippen LogP contribution < -0.4 is 6.15 Å². The van der Waals surface area contributed by atoms with Crippen LogP contribution in [0.2, 0.25) is 0 Å². The van der Waals surface area contributed by atoms with Crippen molar-refractivity contribution < 1.29 is 37.8 Å². The van der Waals surface area contributed by atoms with E-state index in [0.29, 0.717) is 0 Å². The van der Waals surface area contributed by atoms with Crippen molar-refractivity contribution in [2.75, 3.05) is 0 Å². The summed E-state index contributed by atoms with van der Waals surface area (Å²) >= 11 is 0. The first-order valence-electron chi connectivity index (χ1n) is 0.783. The Morgan fingerprint density at radius 3 is 1.12 bits per heavy atom. The Labute approximate surface area is 70.7 Å². The molecule has 0 bridgehead atoms. The standard InChI is InChI=1S/Li.H3N.H3O4P.V.H/c;;1-5(2,3)4;;/h;1H3;(H3,1,2,3,4);;. The third-order valence-corrected chi connectivity index (χ3v) is 0. The third kappa shape index (κ3) is 181. The minimum absolute atomic E-state index is 0. The van der Waals surface area contributed by atoms with Crippen LogP contribution >= 0.6 is 7.82 Å². The van der Waals surface area contributed by atoms with E-state index in [9.17, 15) is 0 Å². The topological polar surface area (TPSA) is 113 Å². The summed E-state index contributed by atoms with van der Waals surface area (Å²) in [5, 5.41) is 0. The van der Waals surface area contributed by atoms with E-state index >= 15 is 0 Å². The monoisotopic (exact) mass is 174 g/mol. The van der Waals surface area contributed by atoms with Crippen molar-refractivity contribution in [3.05, 3.63) is 0 Å². The van der Waals surface area contributed by atoms with Gasteiger partial charge in [-0.1, -0.05) is 0 Å². The van der Waals surface area contributed by atoms with Gasteiger partial charge in [-0.3, -0.25) is 0 Å². The smallest absolute Gasteiger partial charge is 0 e. The molecule has 1 radical (unpaired) electrons. The summed E-state index contributed by atoms with van der Waals surface area (Å²) in [5.41, 5.74) is 0. The van der Waals surface area contributed by atoms with Crippen molar-refractivity contribution in [1.82, 2.24) is 6.15 Å². The van der Waals surface area contributed by atoms with E-state index in [1.54, 1.807) is 0 Å². The van der Waals surface area contributed by atoms with Crippen LogP contribution in [0.25, 0.3) is 0 Å². The number of hydrogen-bond acceptors (Lipinski definition) is 2. The second-order valence-corrected chi connectivity index (χ2v) is 1.54. The Morgan fingerprint density at radius 2 is 1.12 bits per heavy atom. The second-order valence-electron chi connectivity index (χ2n) is 0.513. The minimum Gasteiger partial charge on any atom is 0 e. The Kier molecular flexibility index (Phi) is 23.6. The zero-order valence-corrected chi connectivity index (χ0v) is 5.64. The van der Waals surface area contributed by atoms with Gasteiger partial charge in [-0.05, 0) is 0 Å². The molecule has 8 heteroatoms. The quantitative estimate of drug-likeness (QED) is 0.266. The van der Waals surface area contributed by atoms with Gasteiger partial charge in [0.1, 0.15) is 0 Å².